The first kappa shape index (κ1) is 18.5. The lowest BCUT2D eigenvalue weighted by Crippen LogP contribution is -2.09. The average Bonchev–Trinajstić information content (AvgIpc) is 3.08. The van der Waals surface area contributed by atoms with Gasteiger partial charge in [-0.05, 0) is 25.1 Å². The van der Waals surface area contributed by atoms with E-state index in [0.29, 0.717) is 28.8 Å². The molecule has 0 fully saturated rings. The van der Waals surface area contributed by atoms with E-state index in [9.17, 15) is 4.79 Å². The van der Waals surface area contributed by atoms with E-state index < -0.39 is 0 Å². The molecule has 1 aromatic heterocycles. The molecule has 0 radical (unpaired) electrons. The van der Waals surface area contributed by atoms with E-state index >= 15 is 0 Å². The van der Waals surface area contributed by atoms with Gasteiger partial charge in [0, 0.05) is 17.2 Å². The summed E-state index contributed by atoms with van der Waals surface area (Å²) >= 11 is 0. The Morgan fingerprint density at radius 3 is 2.56 bits per heavy atom. The summed E-state index contributed by atoms with van der Waals surface area (Å²) in [4.78, 5) is 16.7. The van der Waals surface area contributed by atoms with Crippen molar-refractivity contribution in [1.29, 1.82) is 0 Å². The number of aryl methyl sites for hydroxylation is 1. The first-order chi connectivity index (χ1) is 13.1. The van der Waals surface area contributed by atoms with Crippen LogP contribution < -0.4 is 9.47 Å². The van der Waals surface area contributed by atoms with Crippen molar-refractivity contribution in [3.05, 3.63) is 65.5 Å². The number of ether oxygens (including phenoxy) is 3. The van der Waals surface area contributed by atoms with Crippen LogP contribution in [0, 0.1) is 6.92 Å². The third-order valence-corrected chi connectivity index (χ3v) is 4.11. The zero-order valence-electron chi connectivity index (χ0n) is 15.5. The number of esters is 1. The number of hydrogen-bond donors (Lipinski definition) is 0. The Kier molecular flexibility index (Phi) is 5.76. The molecule has 3 aromatic rings. The Morgan fingerprint density at radius 1 is 1.07 bits per heavy atom. The molecule has 0 saturated carbocycles. The Bertz CT molecular complexity index is 918. The predicted molar refractivity (Wildman–Crippen MR) is 99.7 cm³/mol. The first-order valence-corrected chi connectivity index (χ1v) is 8.49. The number of hydrogen-bond acceptors (Lipinski definition) is 6. The highest BCUT2D eigenvalue weighted by Crippen LogP contribution is 2.26. The van der Waals surface area contributed by atoms with Gasteiger partial charge in [0.2, 0.25) is 5.89 Å². The topological polar surface area (TPSA) is 70.8 Å². The fraction of sp³-hybridized carbons (Fsp3) is 0.238. The lowest BCUT2D eigenvalue weighted by atomic mass is 10.1. The van der Waals surface area contributed by atoms with Crippen LogP contribution in [-0.4, -0.2) is 25.2 Å². The van der Waals surface area contributed by atoms with Gasteiger partial charge in [-0.2, -0.15) is 0 Å². The molecule has 2 aromatic carbocycles. The summed E-state index contributed by atoms with van der Waals surface area (Å²) in [6, 6.07) is 14.9. The van der Waals surface area contributed by atoms with Crippen molar-refractivity contribution < 1.29 is 23.4 Å². The molecule has 0 amide bonds. The fourth-order valence-corrected chi connectivity index (χ4v) is 2.62. The first-order valence-electron chi connectivity index (χ1n) is 8.49. The van der Waals surface area contributed by atoms with Crippen molar-refractivity contribution in [3.63, 3.8) is 0 Å². The predicted octanol–water partition coefficient (Wildman–Crippen LogP) is 3.95. The van der Waals surface area contributed by atoms with Crippen molar-refractivity contribution in [2.24, 2.45) is 0 Å². The molecular formula is C21H21NO5. The van der Waals surface area contributed by atoms with Gasteiger partial charge in [0.15, 0.2) is 0 Å². The molecule has 0 aliphatic rings. The summed E-state index contributed by atoms with van der Waals surface area (Å²) in [6.45, 7) is 1.86. The van der Waals surface area contributed by atoms with Crippen molar-refractivity contribution in [1.82, 2.24) is 4.98 Å². The maximum Gasteiger partial charge on any atom is 0.310 e. The Balaban J connectivity index is 1.64. The van der Waals surface area contributed by atoms with E-state index in [4.69, 9.17) is 18.6 Å². The Morgan fingerprint density at radius 2 is 1.85 bits per heavy atom. The van der Waals surface area contributed by atoms with E-state index in [1.54, 1.807) is 39.3 Å². The molecule has 6 nitrogen and oxygen atoms in total. The zero-order valence-corrected chi connectivity index (χ0v) is 15.5. The van der Waals surface area contributed by atoms with E-state index in [-0.39, 0.29) is 19.0 Å². The average molecular weight is 367 g/mol. The molecule has 27 heavy (non-hydrogen) atoms. The fourth-order valence-electron chi connectivity index (χ4n) is 2.62. The second-order valence-electron chi connectivity index (χ2n) is 5.90. The van der Waals surface area contributed by atoms with Gasteiger partial charge in [-0.15, -0.1) is 0 Å². The molecule has 140 valence electrons. The highest BCUT2D eigenvalue weighted by atomic mass is 16.5. The van der Waals surface area contributed by atoms with Crippen LogP contribution in [-0.2, 0) is 22.6 Å². The largest absolute Gasteiger partial charge is 0.497 e. The molecular weight excluding hydrogens is 346 g/mol. The van der Waals surface area contributed by atoms with Gasteiger partial charge in [-0.25, -0.2) is 4.98 Å². The van der Waals surface area contributed by atoms with Crippen LogP contribution in [0.1, 0.15) is 17.0 Å². The number of nitrogens with zero attached hydrogens (tertiary/aromatic N) is 1. The number of aromatic nitrogens is 1. The van der Waals surface area contributed by atoms with Gasteiger partial charge < -0.3 is 18.6 Å². The van der Waals surface area contributed by atoms with Crippen molar-refractivity contribution in [2.75, 3.05) is 14.2 Å². The minimum Gasteiger partial charge on any atom is -0.497 e. The highest BCUT2D eigenvalue weighted by Gasteiger charge is 2.15. The van der Waals surface area contributed by atoms with Crippen LogP contribution in [0.15, 0.2) is 52.9 Å². The molecule has 0 aliphatic carbocycles. The molecule has 0 saturated heterocycles. The van der Waals surface area contributed by atoms with Gasteiger partial charge in [0.05, 0.1) is 20.6 Å². The van der Waals surface area contributed by atoms with E-state index in [2.05, 4.69) is 4.98 Å². The van der Waals surface area contributed by atoms with Gasteiger partial charge >= 0.3 is 5.97 Å². The second-order valence-corrected chi connectivity index (χ2v) is 5.90. The molecule has 0 bridgehead atoms. The second kappa shape index (κ2) is 8.40. The van der Waals surface area contributed by atoms with Crippen molar-refractivity contribution >= 4 is 5.97 Å². The van der Waals surface area contributed by atoms with Crippen LogP contribution in [0.2, 0.25) is 0 Å². The molecule has 6 heteroatoms. The van der Waals surface area contributed by atoms with E-state index in [1.165, 1.54) is 0 Å². The molecule has 0 N–H and O–H groups in total. The lowest BCUT2D eigenvalue weighted by Gasteiger charge is -2.10. The quantitative estimate of drug-likeness (QED) is 0.589. The van der Waals surface area contributed by atoms with Crippen LogP contribution in [0.5, 0.6) is 11.5 Å². The zero-order chi connectivity index (χ0) is 19.2. The molecule has 0 atom stereocenters. The third kappa shape index (κ3) is 4.47. The van der Waals surface area contributed by atoms with Crippen LogP contribution >= 0.6 is 0 Å². The number of benzene rings is 2. The summed E-state index contributed by atoms with van der Waals surface area (Å²) < 4.78 is 21.5. The SMILES string of the molecule is COc1ccc(CC(=O)OCc2nc(-c3ccccc3)oc2C)c(OC)c1. The highest BCUT2D eigenvalue weighted by molar-refractivity contribution is 5.73. The molecule has 1 heterocycles. The molecule has 0 spiro atoms. The summed E-state index contributed by atoms with van der Waals surface area (Å²) in [7, 11) is 3.13. The molecule has 0 aliphatic heterocycles. The summed E-state index contributed by atoms with van der Waals surface area (Å²) in [6.07, 6.45) is 0.0929. The Labute approximate surface area is 157 Å². The number of rotatable bonds is 7. The molecule has 3 rings (SSSR count). The van der Waals surface area contributed by atoms with Gasteiger partial charge in [0.1, 0.15) is 29.6 Å². The Hall–Kier alpha value is -3.28. The third-order valence-electron chi connectivity index (χ3n) is 4.11. The van der Waals surface area contributed by atoms with E-state index in [1.807, 2.05) is 30.3 Å². The smallest absolute Gasteiger partial charge is 0.310 e. The monoisotopic (exact) mass is 367 g/mol. The van der Waals surface area contributed by atoms with Gasteiger partial charge in [-0.1, -0.05) is 24.3 Å². The summed E-state index contributed by atoms with van der Waals surface area (Å²) in [5.74, 6) is 2.01. The maximum atomic E-state index is 12.2. The minimum atomic E-state index is -0.373. The van der Waals surface area contributed by atoms with Crippen LogP contribution in [0.3, 0.4) is 0 Å². The lowest BCUT2D eigenvalue weighted by molar-refractivity contribution is -0.144. The van der Waals surface area contributed by atoms with Crippen LogP contribution in [0.4, 0.5) is 0 Å². The minimum absolute atomic E-state index is 0.0550. The van der Waals surface area contributed by atoms with Crippen LogP contribution in [0.25, 0.3) is 11.5 Å². The molecule has 0 unspecified atom stereocenters. The van der Waals surface area contributed by atoms with Crippen molar-refractivity contribution in [3.8, 4) is 23.0 Å². The standard InChI is InChI=1S/C21H21NO5/c1-14-18(22-21(27-14)15-7-5-4-6-8-15)13-26-20(23)11-16-9-10-17(24-2)12-19(16)25-3/h4-10,12H,11,13H2,1-3H3. The summed E-state index contributed by atoms with van der Waals surface area (Å²) in [5, 5.41) is 0. The summed E-state index contributed by atoms with van der Waals surface area (Å²) in [5.41, 5.74) is 2.20. The number of oxazole rings is 1. The maximum absolute atomic E-state index is 12.2. The number of carbonyl (C=O) groups excluding carboxylic acids is 1. The number of methoxy groups -OCH3 is 2. The van der Waals surface area contributed by atoms with Gasteiger partial charge in [-0.3, -0.25) is 4.79 Å². The van der Waals surface area contributed by atoms with Gasteiger partial charge in [0.25, 0.3) is 0 Å². The van der Waals surface area contributed by atoms with E-state index in [0.717, 1.165) is 11.1 Å². The number of carbonyl (C=O) groups is 1. The van der Waals surface area contributed by atoms with Crippen molar-refractivity contribution in [2.45, 2.75) is 20.0 Å². The normalized spacial score (nSPS) is 10.5.